The molecule has 2 aromatic rings. The van der Waals surface area contributed by atoms with Gasteiger partial charge in [0, 0.05) is 66.7 Å². The van der Waals surface area contributed by atoms with E-state index in [4.69, 9.17) is 0 Å². The summed E-state index contributed by atoms with van der Waals surface area (Å²) in [4.78, 5) is 17.1. The molecule has 0 radical (unpaired) electrons. The Morgan fingerprint density at radius 1 is 1.10 bits per heavy atom. The van der Waals surface area contributed by atoms with Crippen LogP contribution in [0.15, 0.2) is 48.5 Å². The fourth-order valence-electron chi connectivity index (χ4n) is 5.61. The molecule has 4 aliphatic rings. The third-order valence-corrected chi connectivity index (χ3v) is 7.41. The van der Waals surface area contributed by atoms with Crippen molar-refractivity contribution in [3.63, 3.8) is 0 Å². The number of rotatable bonds is 3. The van der Waals surface area contributed by atoms with E-state index in [1.807, 2.05) is 11.0 Å². The number of nitrogens with one attached hydrogen (secondary N) is 2. The molecular formula is C25H32N4O. The van der Waals surface area contributed by atoms with Crippen molar-refractivity contribution < 1.29 is 4.79 Å². The molecule has 2 N–H and O–H groups in total. The van der Waals surface area contributed by atoms with Crippen molar-refractivity contribution >= 4 is 23.0 Å². The van der Waals surface area contributed by atoms with Crippen LogP contribution in [0, 0.1) is 5.92 Å². The van der Waals surface area contributed by atoms with Crippen molar-refractivity contribution in [2.45, 2.75) is 57.8 Å². The Kier molecular flexibility index (Phi) is 4.94. The number of hydrogen-bond acceptors (Lipinski definition) is 4. The van der Waals surface area contributed by atoms with E-state index >= 15 is 0 Å². The number of piperazine rings is 1. The van der Waals surface area contributed by atoms with Gasteiger partial charge in [-0.05, 0) is 50.1 Å². The Labute approximate surface area is 179 Å². The number of benzene rings is 2. The predicted molar refractivity (Wildman–Crippen MR) is 123 cm³/mol. The van der Waals surface area contributed by atoms with Crippen LogP contribution in [0.5, 0.6) is 0 Å². The van der Waals surface area contributed by atoms with Crippen molar-refractivity contribution in [1.82, 2.24) is 5.32 Å². The van der Waals surface area contributed by atoms with Crippen molar-refractivity contribution in [3.05, 3.63) is 54.1 Å². The van der Waals surface area contributed by atoms with Gasteiger partial charge in [0.05, 0.1) is 6.04 Å². The Hall–Kier alpha value is -2.53. The van der Waals surface area contributed by atoms with Crippen LogP contribution in [0.2, 0.25) is 0 Å². The molecule has 30 heavy (non-hydrogen) atoms. The molecule has 0 spiro atoms. The minimum Gasteiger partial charge on any atom is -0.378 e. The lowest BCUT2D eigenvalue weighted by Gasteiger charge is -2.48. The van der Waals surface area contributed by atoms with Crippen molar-refractivity contribution in [2.75, 3.05) is 28.2 Å². The van der Waals surface area contributed by atoms with Crippen LogP contribution in [-0.2, 0) is 4.79 Å². The molecule has 5 nitrogen and oxygen atoms in total. The highest BCUT2D eigenvalue weighted by atomic mass is 16.2. The van der Waals surface area contributed by atoms with Crippen LogP contribution >= 0.6 is 0 Å². The number of nitrogens with zero attached hydrogens (tertiary/aromatic N) is 2. The second-order valence-corrected chi connectivity index (χ2v) is 9.21. The first-order valence-electron chi connectivity index (χ1n) is 11.3. The molecule has 2 unspecified atom stereocenters. The largest absolute Gasteiger partial charge is 0.378 e. The van der Waals surface area contributed by atoms with Gasteiger partial charge in [-0.1, -0.05) is 25.1 Å². The first-order chi connectivity index (χ1) is 14.5. The lowest BCUT2D eigenvalue weighted by atomic mass is 9.82. The zero-order valence-electron chi connectivity index (χ0n) is 18.1. The van der Waals surface area contributed by atoms with E-state index in [-0.39, 0.29) is 23.9 Å². The van der Waals surface area contributed by atoms with Crippen molar-refractivity contribution in [1.29, 1.82) is 0 Å². The maximum Gasteiger partial charge on any atom is 0.224 e. The maximum atomic E-state index is 12.6. The fourth-order valence-corrected chi connectivity index (χ4v) is 5.61. The van der Waals surface area contributed by atoms with Crippen LogP contribution in [0.4, 0.5) is 17.1 Å². The van der Waals surface area contributed by atoms with Gasteiger partial charge in [0.15, 0.2) is 0 Å². The average molecular weight is 405 g/mol. The van der Waals surface area contributed by atoms with E-state index in [2.05, 4.69) is 71.8 Å². The molecule has 0 saturated carbocycles. The number of carbonyl (C=O) groups is 1. The van der Waals surface area contributed by atoms with Gasteiger partial charge in [-0.2, -0.15) is 0 Å². The third kappa shape index (κ3) is 3.25. The van der Waals surface area contributed by atoms with Crippen molar-refractivity contribution in [3.8, 4) is 0 Å². The summed E-state index contributed by atoms with van der Waals surface area (Å²) < 4.78 is 0. The van der Waals surface area contributed by atoms with Gasteiger partial charge in [0.2, 0.25) is 5.91 Å². The SMILES string of the molecule is CC(=O)N1c2ccc(N3C[C@H]4CC[C@@H]3CN4)cc2C(Nc2ccccc2)C(C)[C@@H]1C. The molecule has 4 heterocycles. The molecule has 0 aliphatic carbocycles. The zero-order chi connectivity index (χ0) is 20.8. The minimum absolute atomic E-state index is 0.114. The minimum atomic E-state index is 0.114. The molecule has 158 valence electrons. The zero-order valence-corrected chi connectivity index (χ0v) is 18.1. The standard InChI is InChI=1S/C25H32N4O/c1-16-17(2)29(18(3)30)24-12-11-21(28-15-20-9-10-22(28)14-26-20)13-23(24)25(16)27-19-7-5-4-6-8-19/h4-8,11-13,16-17,20,22,25-27H,9-10,14-15H2,1-3H3/t16?,17-,20+,22+,25?/m0/s1. The topological polar surface area (TPSA) is 47.6 Å². The highest BCUT2D eigenvalue weighted by Gasteiger charge is 2.39. The molecule has 5 heteroatoms. The van der Waals surface area contributed by atoms with Gasteiger partial charge in [-0.3, -0.25) is 4.79 Å². The highest BCUT2D eigenvalue weighted by molar-refractivity contribution is 5.94. The normalized spacial score (nSPS) is 30.2. The summed E-state index contributed by atoms with van der Waals surface area (Å²) in [5.74, 6) is 0.402. The van der Waals surface area contributed by atoms with Crippen LogP contribution < -0.4 is 20.4 Å². The summed E-state index contributed by atoms with van der Waals surface area (Å²) in [6.07, 6.45) is 2.53. The van der Waals surface area contributed by atoms with E-state index in [1.165, 1.54) is 24.1 Å². The van der Waals surface area contributed by atoms with Gasteiger partial charge < -0.3 is 20.4 Å². The molecule has 2 bridgehead atoms. The summed E-state index contributed by atoms with van der Waals surface area (Å²) in [5.41, 5.74) is 4.68. The van der Waals surface area contributed by atoms with Crippen molar-refractivity contribution in [2.24, 2.45) is 5.92 Å². The van der Waals surface area contributed by atoms with Crippen LogP contribution in [0.1, 0.15) is 45.2 Å². The number of carbonyl (C=O) groups excluding carboxylic acids is 1. The first-order valence-corrected chi connectivity index (χ1v) is 11.3. The van der Waals surface area contributed by atoms with Gasteiger partial charge in [-0.15, -0.1) is 0 Å². The maximum absolute atomic E-state index is 12.6. The third-order valence-electron chi connectivity index (χ3n) is 7.41. The van der Waals surface area contributed by atoms with Gasteiger partial charge in [0.25, 0.3) is 0 Å². The number of hydrogen-bond donors (Lipinski definition) is 2. The monoisotopic (exact) mass is 404 g/mol. The number of para-hydroxylation sites is 1. The summed E-state index contributed by atoms with van der Waals surface area (Å²) in [6, 6.07) is 18.6. The molecule has 1 amide bonds. The van der Waals surface area contributed by atoms with Crippen LogP contribution in [0.25, 0.3) is 0 Å². The molecular weight excluding hydrogens is 372 g/mol. The second kappa shape index (κ2) is 7.62. The molecule has 3 fully saturated rings. The number of anilines is 3. The Balaban J connectivity index is 1.56. The number of amides is 1. The Bertz CT molecular complexity index is 922. The number of fused-ring (bicyclic) bond motifs is 4. The number of piperidine rings is 2. The molecule has 6 rings (SSSR count). The molecule has 0 aromatic heterocycles. The molecule has 4 aliphatic heterocycles. The van der Waals surface area contributed by atoms with Crippen LogP contribution in [-0.4, -0.2) is 37.1 Å². The second-order valence-electron chi connectivity index (χ2n) is 9.21. The van der Waals surface area contributed by atoms with Gasteiger partial charge in [0.1, 0.15) is 0 Å². The lowest BCUT2D eigenvalue weighted by molar-refractivity contribution is -0.117. The van der Waals surface area contributed by atoms with E-state index in [0.29, 0.717) is 12.1 Å². The first kappa shape index (κ1) is 19.4. The van der Waals surface area contributed by atoms with Crippen LogP contribution in [0.3, 0.4) is 0 Å². The lowest BCUT2D eigenvalue weighted by Crippen LogP contribution is -2.61. The summed E-state index contributed by atoms with van der Waals surface area (Å²) in [5, 5.41) is 7.42. The van der Waals surface area contributed by atoms with E-state index in [1.54, 1.807) is 6.92 Å². The van der Waals surface area contributed by atoms with E-state index in [0.717, 1.165) is 24.5 Å². The average Bonchev–Trinajstić information content (AvgIpc) is 2.78. The predicted octanol–water partition coefficient (Wildman–Crippen LogP) is 4.17. The molecule has 5 atom stereocenters. The van der Waals surface area contributed by atoms with Gasteiger partial charge in [-0.25, -0.2) is 0 Å². The Morgan fingerprint density at radius 3 is 2.53 bits per heavy atom. The molecule has 3 saturated heterocycles. The summed E-state index contributed by atoms with van der Waals surface area (Å²) in [6.45, 7) is 8.24. The fraction of sp³-hybridized carbons (Fsp3) is 0.480. The smallest absolute Gasteiger partial charge is 0.224 e. The Morgan fingerprint density at radius 2 is 1.90 bits per heavy atom. The highest BCUT2D eigenvalue weighted by Crippen LogP contribution is 2.44. The summed E-state index contributed by atoms with van der Waals surface area (Å²) >= 11 is 0. The molecule has 2 aromatic carbocycles. The van der Waals surface area contributed by atoms with Gasteiger partial charge >= 0.3 is 0 Å². The quantitative estimate of drug-likeness (QED) is 0.806. The van der Waals surface area contributed by atoms with E-state index in [9.17, 15) is 4.79 Å². The van der Waals surface area contributed by atoms with E-state index < -0.39 is 0 Å². The summed E-state index contributed by atoms with van der Waals surface area (Å²) in [7, 11) is 0.